The van der Waals surface area contributed by atoms with Crippen molar-refractivity contribution in [3.8, 4) is 0 Å². The SMILES string of the molecule is C[CH-]C.O=S(=O)(O)c1ccccc1.[Na+]. The Morgan fingerprint density at radius 3 is 1.71 bits per heavy atom. The van der Waals surface area contributed by atoms with Crippen LogP contribution < -0.4 is 29.6 Å². The van der Waals surface area contributed by atoms with E-state index < -0.39 is 10.1 Å². The summed E-state index contributed by atoms with van der Waals surface area (Å²) in [6.45, 7) is 4.00. The van der Waals surface area contributed by atoms with E-state index in [1.807, 2.05) is 20.3 Å². The fourth-order valence-electron chi connectivity index (χ4n) is 0.592. The molecule has 0 fully saturated rings. The largest absolute Gasteiger partial charge is 1.00 e. The Balaban J connectivity index is 0. The minimum Gasteiger partial charge on any atom is -0.335 e. The van der Waals surface area contributed by atoms with Crippen molar-refractivity contribution in [1.82, 2.24) is 0 Å². The fourth-order valence-corrected chi connectivity index (χ4v) is 1.09. The Bertz CT molecular complexity index is 321. The molecule has 1 rings (SSSR count). The van der Waals surface area contributed by atoms with Crippen molar-refractivity contribution in [3.63, 3.8) is 0 Å². The van der Waals surface area contributed by atoms with E-state index in [9.17, 15) is 8.42 Å². The first-order valence-electron chi connectivity index (χ1n) is 3.79. The van der Waals surface area contributed by atoms with Crippen LogP contribution in [-0.2, 0) is 10.1 Å². The predicted octanol–water partition coefficient (Wildman–Crippen LogP) is -0.832. The van der Waals surface area contributed by atoms with E-state index in [1.165, 1.54) is 12.1 Å². The number of hydrogen-bond donors (Lipinski definition) is 1. The average Bonchev–Trinajstić information content (AvgIpc) is 2.06. The zero-order valence-corrected chi connectivity index (χ0v) is 11.5. The molecule has 3 nitrogen and oxygen atoms in total. The second-order valence-electron chi connectivity index (χ2n) is 2.37. The van der Waals surface area contributed by atoms with E-state index in [1.54, 1.807) is 18.2 Å². The second-order valence-corrected chi connectivity index (χ2v) is 3.79. The summed E-state index contributed by atoms with van der Waals surface area (Å²) in [4.78, 5) is -0.0741. The van der Waals surface area contributed by atoms with Crippen molar-refractivity contribution in [3.05, 3.63) is 36.8 Å². The Kier molecular flexibility index (Phi) is 9.98. The first kappa shape index (κ1) is 16.6. The van der Waals surface area contributed by atoms with Gasteiger partial charge in [0.25, 0.3) is 10.1 Å². The molecule has 0 spiro atoms. The van der Waals surface area contributed by atoms with Crippen LogP contribution in [0.2, 0.25) is 0 Å². The summed E-state index contributed by atoms with van der Waals surface area (Å²) in [7, 11) is -4.00. The van der Waals surface area contributed by atoms with Crippen LogP contribution >= 0.6 is 0 Å². The maximum absolute atomic E-state index is 10.4. The molecule has 0 saturated heterocycles. The summed E-state index contributed by atoms with van der Waals surface area (Å²) >= 11 is 0. The molecular weight excluding hydrogens is 211 g/mol. The number of rotatable bonds is 1. The number of hydrogen-bond acceptors (Lipinski definition) is 2. The summed E-state index contributed by atoms with van der Waals surface area (Å²) in [6, 6.07) is 7.42. The second kappa shape index (κ2) is 8.44. The molecular formula is C9H13NaO3S. The minimum atomic E-state index is -4.00. The quantitative estimate of drug-likeness (QED) is 0.385. The molecule has 1 N–H and O–H groups in total. The van der Waals surface area contributed by atoms with Crippen LogP contribution in [0, 0.1) is 6.42 Å². The summed E-state index contributed by atoms with van der Waals surface area (Å²) < 4.78 is 29.2. The van der Waals surface area contributed by atoms with E-state index in [4.69, 9.17) is 4.55 Å². The van der Waals surface area contributed by atoms with Crippen molar-refractivity contribution in [2.24, 2.45) is 0 Å². The van der Waals surface area contributed by atoms with Crippen LogP contribution in [0.1, 0.15) is 13.8 Å². The first-order chi connectivity index (χ1) is 6.02. The van der Waals surface area contributed by atoms with Gasteiger partial charge in [0.15, 0.2) is 0 Å². The van der Waals surface area contributed by atoms with E-state index in [-0.39, 0.29) is 34.5 Å². The van der Waals surface area contributed by atoms with Crippen LogP contribution in [0.4, 0.5) is 0 Å². The summed E-state index contributed by atoms with van der Waals surface area (Å²) in [6.07, 6.45) is 2.00. The van der Waals surface area contributed by atoms with E-state index in [0.717, 1.165) is 0 Å². The van der Waals surface area contributed by atoms with E-state index in [2.05, 4.69) is 0 Å². The molecule has 0 aromatic heterocycles. The van der Waals surface area contributed by atoms with Gasteiger partial charge in [0.2, 0.25) is 0 Å². The van der Waals surface area contributed by atoms with Crippen LogP contribution in [0.5, 0.6) is 0 Å². The summed E-state index contributed by atoms with van der Waals surface area (Å²) in [5.74, 6) is 0. The van der Waals surface area contributed by atoms with Gasteiger partial charge in [0, 0.05) is 0 Å². The third-order valence-corrected chi connectivity index (χ3v) is 1.91. The molecule has 14 heavy (non-hydrogen) atoms. The molecule has 0 radical (unpaired) electrons. The standard InChI is InChI=1S/C6H6O3S.C3H7.Na/c7-10(8,9)6-4-2-1-3-5-6;1-3-2;/h1-5H,(H,7,8,9);3H,1-2H3;/q;-1;+1. The maximum Gasteiger partial charge on any atom is 1.00 e. The Labute approximate surface area is 108 Å². The molecule has 0 amide bonds. The van der Waals surface area contributed by atoms with Crippen LogP contribution in [0.25, 0.3) is 0 Å². The van der Waals surface area contributed by atoms with Gasteiger partial charge in [-0.05, 0) is 12.1 Å². The van der Waals surface area contributed by atoms with Crippen LogP contribution in [0.15, 0.2) is 35.2 Å². The normalized spacial score (nSPS) is 9.36. The van der Waals surface area contributed by atoms with Gasteiger partial charge in [-0.25, -0.2) is 0 Å². The Morgan fingerprint density at radius 2 is 1.50 bits per heavy atom. The van der Waals surface area contributed by atoms with Crippen molar-refractivity contribution in [2.75, 3.05) is 0 Å². The van der Waals surface area contributed by atoms with Gasteiger partial charge in [-0.2, -0.15) is 22.3 Å². The molecule has 0 unspecified atom stereocenters. The van der Waals surface area contributed by atoms with Crippen molar-refractivity contribution in [1.29, 1.82) is 0 Å². The molecule has 1 aromatic carbocycles. The molecule has 1 aromatic rings. The monoisotopic (exact) mass is 224 g/mol. The van der Waals surface area contributed by atoms with Gasteiger partial charge < -0.3 is 6.42 Å². The van der Waals surface area contributed by atoms with Crippen molar-refractivity contribution in [2.45, 2.75) is 18.7 Å². The van der Waals surface area contributed by atoms with Crippen LogP contribution in [0.3, 0.4) is 0 Å². The zero-order valence-electron chi connectivity index (χ0n) is 8.64. The predicted molar refractivity (Wildman–Crippen MR) is 51.9 cm³/mol. The van der Waals surface area contributed by atoms with Gasteiger partial charge in [-0.1, -0.05) is 18.2 Å². The molecule has 0 aliphatic heterocycles. The smallest absolute Gasteiger partial charge is 0.335 e. The fraction of sp³-hybridized carbons (Fsp3) is 0.222. The van der Waals surface area contributed by atoms with E-state index in [0.29, 0.717) is 0 Å². The van der Waals surface area contributed by atoms with Gasteiger partial charge in [-0.3, -0.25) is 4.55 Å². The molecule has 0 saturated carbocycles. The Hall–Kier alpha value is 0.130. The summed E-state index contributed by atoms with van der Waals surface area (Å²) in [5.41, 5.74) is 0. The molecule has 0 bridgehead atoms. The third kappa shape index (κ3) is 7.53. The zero-order chi connectivity index (χ0) is 10.3. The van der Waals surface area contributed by atoms with Gasteiger partial charge >= 0.3 is 29.6 Å². The molecule has 0 aliphatic carbocycles. The molecule has 0 atom stereocenters. The number of benzene rings is 1. The van der Waals surface area contributed by atoms with Gasteiger partial charge in [-0.15, -0.1) is 0 Å². The molecule has 0 aliphatic rings. The van der Waals surface area contributed by atoms with Crippen LogP contribution in [-0.4, -0.2) is 13.0 Å². The third-order valence-electron chi connectivity index (χ3n) is 1.04. The summed E-state index contributed by atoms with van der Waals surface area (Å²) in [5, 5.41) is 0. The maximum atomic E-state index is 10.4. The molecule has 74 valence electrons. The van der Waals surface area contributed by atoms with E-state index >= 15 is 0 Å². The minimum absolute atomic E-state index is 0. The van der Waals surface area contributed by atoms with Crippen molar-refractivity contribution < 1.29 is 42.5 Å². The Morgan fingerprint density at radius 1 is 1.14 bits per heavy atom. The van der Waals surface area contributed by atoms with Crippen molar-refractivity contribution >= 4 is 10.1 Å². The first-order valence-corrected chi connectivity index (χ1v) is 5.23. The topological polar surface area (TPSA) is 54.4 Å². The molecule has 5 heteroatoms. The molecule has 0 heterocycles. The average molecular weight is 224 g/mol. The van der Waals surface area contributed by atoms with Gasteiger partial charge in [0.1, 0.15) is 0 Å². The van der Waals surface area contributed by atoms with Gasteiger partial charge in [0.05, 0.1) is 4.90 Å².